The van der Waals surface area contributed by atoms with Crippen molar-refractivity contribution in [3.63, 3.8) is 0 Å². The first-order chi connectivity index (χ1) is 13.7. The molecule has 3 rings (SSSR count). The average molecular weight is 400 g/mol. The van der Waals surface area contributed by atoms with E-state index in [0.717, 1.165) is 59.1 Å². The highest BCUT2D eigenvalue weighted by Crippen LogP contribution is 2.16. The van der Waals surface area contributed by atoms with Gasteiger partial charge >= 0.3 is 0 Å². The van der Waals surface area contributed by atoms with E-state index in [1.165, 1.54) is 6.07 Å². The number of aromatic amines is 1. The Morgan fingerprint density at radius 1 is 1.18 bits per heavy atom. The van der Waals surface area contributed by atoms with E-state index in [2.05, 4.69) is 25.6 Å². The summed E-state index contributed by atoms with van der Waals surface area (Å²) in [4.78, 5) is 12.2. The lowest BCUT2D eigenvalue weighted by molar-refractivity contribution is 0.625. The molecule has 0 bridgehead atoms. The highest BCUT2D eigenvalue weighted by Gasteiger charge is 2.06. The molecule has 0 unspecified atom stereocenters. The summed E-state index contributed by atoms with van der Waals surface area (Å²) in [5.74, 6) is 2.34. The Labute approximate surface area is 169 Å². The molecule has 1 heterocycles. The van der Waals surface area contributed by atoms with Crippen molar-refractivity contribution in [1.82, 2.24) is 20.6 Å². The summed E-state index contributed by atoms with van der Waals surface area (Å²) in [5.41, 5.74) is 4.17. The Balaban J connectivity index is 1.46. The molecule has 0 aliphatic heterocycles. The lowest BCUT2D eigenvalue weighted by Crippen LogP contribution is -2.37. The second-order valence-electron chi connectivity index (χ2n) is 6.50. The zero-order valence-corrected chi connectivity index (χ0v) is 17.1. The topological polar surface area (TPSA) is 65.1 Å². The third kappa shape index (κ3) is 5.48. The van der Waals surface area contributed by atoms with Crippen LogP contribution in [-0.2, 0) is 18.7 Å². The van der Waals surface area contributed by atoms with Crippen LogP contribution in [0.25, 0.3) is 11.0 Å². The molecule has 7 heteroatoms. The fourth-order valence-corrected chi connectivity index (χ4v) is 3.62. The lowest BCUT2D eigenvalue weighted by Gasteiger charge is -2.14. The maximum absolute atomic E-state index is 13.5. The van der Waals surface area contributed by atoms with Crippen molar-refractivity contribution in [1.29, 1.82) is 0 Å². The Kier molecular flexibility index (Phi) is 7.31. The Hall–Kier alpha value is -2.54. The van der Waals surface area contributed by atoms with Crippen LogP contribution in [0.3, 0.4) is 0 Å². The normalized spacial score (nSPS) is 11.8. The van der Waals surface area contributed by atoms with E-state index in [1.54, 1.807) is 24.9 Å². The van der Waals surface area contributed by atoms with Gasteiger partial charge in [-0.1, -0.05) is 18.2 Å². The van der Waals surface area contributed by atoms with Crippen LogP contribution in [0.15, 0.2) is 47.5 Å². The molecule has 2 aromatic carbocycles. The molecule has 0 saturated carbocycles. The molecule has 0 saturated heterocycles. The number of imidazole rings is 1. The first-order valence-corrected chi connectivity index (χ1v) is 10.7. The zero-order valence-electron chi connectivity index (χ0n) is 16.3. The van der Waals surface area contributed by atoms with Gasteiger partial charge in [0.05, 0.1) is 11.0 Å². The van der Waals surface area contributed by atoms with Crippen molar-refractivity contribution < 1.29 is 4.39 Å². The quantitative estimate of drug-likeness (QED) is 0.306. The summed E-state index contributed by atoms with van der Waals surface area (Å²) in [6.07, 6.45) is 3.83. The van der Waals surface area contributed by atoms with Crippen molar-refractivity contribution in [3.8, 4) is 0 Å². The number of rotatable bonds is 8. The minimum absolute atomic E-state index is 0.194. The number of nitrogens with one attached hydrogen (secondary N) is 3. The highest BCUT2D eigenvalue weighted by molar-refractivity contribution is 7.97. The van der Waals surface area contributed by atoms with Crippen molar-refractivity contribution >= 4 is 28.8 Å². The summed E-state index contributed by atoms with van der Waals surface area (Å²) >= 11 is 1.68. The molecule has 0 radical (unpaired) electrons. The summed E-state index contributed by atoms with van der Waals surface area (Å²) in [5, 5.41) is 6.63. The SMILES string of the molecule is CN=C(NCCCc1nc2ccccc2[nH]1)NCc1ccc(F)cc1CSC. The van der Waals surface area contributed by atoms with Gasteiger partial charge in [-0.2, -0.15) is 11.8 Å². The van der Waals surface area contributed by atoms with E-state index in [0.29, 0.717) is 6.54 Å². The number of aromatic nitrogens is 2. The van der Waals surface area contributed by atoms with Gasteiger partial charge in [-0.15, -0.1) is 0 Å². The molecule has 148 valence electrons. The van der Waals surface area contributed by atoms with E-state index in [4.69, 9.17) is 0 Å². The van der Waals surface area contributed by atoms with Crippen LogP contribution in [0.4, 0.5) is 4.39 Å². The molecule has 0 atom stereocenters. The van der Waals surface area contributed by atoms with Crippen LogP contribution < -0.4 is 10.6 Å². The van der Waals surface area contributed by atoms with E-state index in [1.807, 2.05) is 36.6 Å². The molecule has 0 aliphatic rings. The largest absolute Gasteiger partial charge is 0.356 e. The molecule has 0 fully saturated rings. The number of hydrogen-bond acceptors (Lipinski definition) is 3. The van der Waals surface area contributed by atoms with Gasteiger partial charge in [0.1, 0.15) is 11.6 Å². The van der Waals surface area contributed by atoms with Gasteiger partial charge in [0.2, 0.25) is 0 Å². The number of thioether (sulfide) groups is 1. The number of hydrogen-bond donors (Lipinski definition) is 3. The number of para-hydroxylation sites is 2. The lowest BCUT2D eigenvalue weighted by atomic mass is 10.1. The highest BCUT2D eigenvalue weighted by atomic mass is 32.2. The van der Waals surface area contributed by atoms with E-state index >= 15 is 0 Å². The summed E-state index contributed by atoms with van der Waals surface area (Å²) in [6, 6.07) is 13.0. The standard InChI is InChI=1S/C21H26FN5S/c1-23-21(25-13-15-9-10-17(22)12-16(15)14-28-2)24-11-5-8-20-26-18-6-3-4-7-19(18)27-20/h3-4,6-7,9-10,12H,5,8,11,13-14H2,1-2H3,(H,26,27)(H2,23,24,25). The van der Waals surface area contributed by atoms with Gasteiger partial charge in [-0.3, -0.25) is 4.99 Å². The molecular formula is C21H26FN5S. The molecule has 0 aliphatic carbocycles. The van der Waals surface area contributed by atoms with E-state index in [-0.39, 0.29) is 5.82 Å². The van der Waals surface area contributed by atoms with E-state index < -0.39 is 0 Å². The van der Waals surface area contributed by atoms with Crippen LogP contribution in [0.5, 0.6) is 0 Å². The summed E-state index contributed by atoms with van der Waals surface area (Å²) < 4.78 is 13.5. The van der Waals surface area contributed by atoms with Crippen molar-refractivity contribution in [2.45, 2.75) is 25.1 Å². The Morgan fingerprint density at radius 3 is 2.82 bits per heavy atom. The van der Waals surface area contributed by atoms with Crippen molar-refractivity contribution in [3.05, 3.63) is 65.2 Å². The zero-order chi connectivity index (χ0) is 19.8. The molecule has 5 nitrogen and oxygen atoms in total. The summed E-state index contributed by atoms with van der Waals surface area (Å²) in [6.45, 7) is 1.40. The third-order valence-electron chi connectivity index (χ3n) is 4.46. The number of aliphatic imine (C=N–C) groups is 1. The second kappa shape index (κ2) is 10.1. The maximum atomic E-state index is 13.5. The van der Waals surface area contributed by atoms with Crippen LogP contribution in [0.2, 0.25) is 0 Å². The minimum atomic E-state index is -0.194. The number of benzene rings is 2. The predicted molar refractivity (Wildman–Crippen MR) is 116 cm³/mol. The van der Waals surface area contributed by atoms with Crippen molar-refractivity contribution in [2.24, 2.45) is 4.99 Å². The second-order valence-corrected chi connectivity index (χ2v) is 7.37. The molecule has 0 amide bonds. The van der Waals surface area contributed by atoms with E-state index in [9.17, 15) is 4.39 Å². The first-order valence-electron chi connectivity index (χ1n) is 9.34. The maximum Gasteiger partial charge on any atom is 0.191 e. The third-order valence-corrected chi connectivity index (χ3v) is 5.06. The molecule has 3 N–H and O–H groups in total. The van der Waals surface area contributed by atoms with Crippen LogP contribution >= 0.6 is 11.8 Å². The smallest absolute Gasteiger partial charge is 0.191 e. The van der Waals surface area contributed by atoms with Gasteiger partial charge in [0.15, 0.2) is 5.96 Å². The number of aryl methyl sites for hydroxylation is 1. The van der Waals surface area contributed by atoms with Gasteiger partial charge < -0.3 is 15.6 Å². The van der Waals surface area contributed by atoms with Gasteiger partial charge in [-0.25, -0.2) is 9.37 Å². The van der Waals surface area contributed by atoms with Crippen LogP contribution in [-0.4, -0.2) is 35.8 Å². The number of halogens is 1. The van der Waals surface area contributed by atoms with Crippen LogP contribution in [0.1, 0.15) is 23.4 Å². The Bertz CT molecular complexity index is 904. The van der Waals surface area contributed by atoms with Crippen LogP contribution in [0, 0.1) is 5.82 Å². The molecule has 3 aromatic rings. The van der Waals surface area contributed by atoms with Crippen molar-refractivity contribution in [2.75, 3.05) is 19.8 Å². The molecule has 0 spiro atoms. The number of H-pyrrole nitrogens is 1. The fraction of sp³-hybridized carbons (Fsp3) is 0.333. The number of guanidine groups is 1. The first kappa shape index (κ1) is 20.2. The monoisotopic (exact) mass is 399 g/mol. The summed E-state index contributed by atoms with van der Waals surface area (Å²) in [7, 11) is 1.75. The number of fused-ring (bicyclic) bond motifs is 1. The average Bonchev–Trinajstić information content (AvgIpc) is 3.12. The molecule has 28 heavy (non-hydrogen) atoms. The Morgan fingerprint density at radius 2 is 2.04 bits per heavy atom. The predicted octanol–water partition coefficient (Wildman–Crippen LogP) is 3.86. The van der Waals surface area contributed by atoms with Gasteiger partial charge in [0, 0.05) is 32.3 Å². The van der Waals surface area contributed by atoms with Gasteiger partial charge in [-0.05, 0) is 48.1 Å². The number of nitrogens with zero attached hydrogens (tertiary/aromatic N) is 2. The molecule has 1 aromatic heterocycles. The fourth-order valence-electron chi connectivity index (χ4n) is 3.04. The van der Waals surface area contributed by atoms with Gasteiger partial charge in [0.25, 0.3) is 0 Å². The molecular weight excluding hydrogens is 373 g/mol. The minimum Gasteiger partial charge on any atom is -0.356 e.